The van der Waals surface area contributed by atoms with Crippen molar-refractivity contribution in [3.8, 4) is 0 Å². The lowest BCUT2D eigenvalue weighted by molar-refractivity contribution is -0.137. The summed E-state index contributed by atoms with van der Waals surface area (Å²) in [5, 5.41) is 5.09. The minimum atomic E-state index is -4.45. The minimum Gasteiger partial charge on any atom is -0.467 e. The number of nitrogens with zero attached hydrogens (tertiary/aromatic N) is 1. The number of aromatic nitrogens is 1. The SMILES string of the molecule is O=C(NCc1ccco1)c1cncc(C(=O)Nc2ccc(C(F)(F)F)cc2)c1. The Labute approximate surface area is 157 Å². The van der Waals surface area contributed by atoms with Gasteiger partial charge in [-0.1, -0.05) is 0 Å². The number of furan rings is 1. The van der Waals surface area contributed by atoms with E-state index in [0.717, 1.165) is 24.3 Å². The van der Waals surface area contributed by atoms with E-state index in [1.165, 1.54) is 24.7 Å². The number of carbonyl (C=O) groups is 2. The van der Waals surface area contributed by atoms with E-state index in [4.69, 9.17) is 4.42 Å². The van der Waals surface area contributed by atoms with E-state index in [-0.39, 0.29) is 23.4 Å². The summed E-state index contributed by atoms with van der Waals surface area (Å²) in [6.45, 7) is 0.174. The number of halogens is 3. The molecule has 0 saturated carbocycles. The summed E-state index contributed by atoms with van der Waals surface area (Å²) in [5.41, 5.74) is -0.384. The first-order chi connectivity index (χ1) is 13.3. The summed E-state index contributed by atoms with van der Waals surface area (Å²) in [7, 11) is 0. The molecular formula is C19H14F3N3O3. The van der Waals surface area contributed by atoms with Gasteiger partial charge in [-0.2, -0.15) is 13.2 Å². The molecule has 0 unspecified atom stereocenters. The topological polar surface area (TPSA) is 84.2 Å². The number of carbonyl (C=O) groups excluding carboxylic acids is 2. The van der Waals surface area contributed by atoms with Crippen LogP contribution < -0.4 is 10.6 Å². The van der Waals surface area contributed by atoms with Gasteiger partial charge in [0.2, 0.25) is 0 Å². The monoisotopic (exact) mass is 389 g/mol. The van der Waals surface area contributed by atoms with Crippen molar-refractivity contribution in [1.29, 1.82) is 0 Å². The van der Waals surface area contributed by atoms with Crippen LogP contribution in [0.2, 0.25) is 0 Å². The van der Waals surface area contributed by atoms with Crippen molar-refractivity contribution in [2.75, 3.05) is 5.32 Å². The molecule has 0 aliphatic heterocycles. The van der Waals surface area contributed by atoms with Gasteiger partial charge in [0.05, 0.1) is 29.5 Å². The summed E-state index contributed by atoms with van der Waals surface area (Å²) >= 11 is 0. The van der Waals surface area contributed by atoms with Gasteiger partial charge in [0, 0.05) is 18.1 Å². The predicted molar refractivity (Wildman–Crippen MR) is 93.5 cm³/mol. The molecule has 2 heterocycles. The van der Waals surface area contributed by atoms with E-state index in [1.54, 1.807) is 12.1 Å². The fraction of sp³-hybridized carbons (Fsp3) is 0.105. The molecule has 0 bridgehead atoms. The molecule has 2 N–H and O–H groups in total. The Morgan fingerprint density at radius 1 is 1.00 bits per heavy atom. The molecule has 1 aromatic carbocycles. The van der Waals surface area contributed by atoms with Gasteiger partial charge < -0.3 is 15.1 Å². The maximum atomic E-state index is 12.6. The zero-order valence-corrected chi connectivity index (χ0v) is 14.3. The van der Waals surface area contributed by atoms with E-state index in [0.29, 0.717) is 5.76 Å². The van der Waals surface area contributed by atoms with E-state index in [2.05, 4.69) is 15.6 Å². The van der Waals surface area contributed by atoms with Crippen LogP contribution in [0.4, 0.5) is 18.9 Å². The second-order valence-corrected chi connectivity index (χ2v) is 5.75. The van der Waals surface area contributed by atoms with E-state index < -0.39 is 23.6 Å². The first-order valence-electron chi connectivity index (χ1n) is 8.07. The van der Waals surface area contributed by atoms with Gasteiger partial charge in [0.1, 0.15) is 5.76 Å². The molecule has 9 heteroatoms. The fourth-order valence-electron chi connectivity index (χ4n) is 2.32. The van der Waals surface area contributed by atoms with Crippen molar-refractivity contribution < 1.29 is 27.2 Å². The van der Waals surface area contributed by atoms with Crippen LogP contribution in [0.3, 0.4) is 0 Å². The lowest BCUT2D eigenvalue weighted by atomic mass is 10.1. The molecular weight excluding hydrogens is 375 g/mol. The Kier molecular flexibility index (Phi) is 5.44. The zero-order chi connectivity index (χ0) is 20.1. The van der Waals surface area contributed by atoms with Crippen LogP contribution in [-0.4, -0.2) is 16.8 Å². The van der Waals surface area contributed by atoms with Crippen molar-refractivity contribution >= 4 is 17.5 Å². The summed E-state index contributed by atoms with van der Waals surface area (Å²) < 4.78 is 42.9. The molecule has 0 radical (unpaired) electrons. The number of amides is 2. The number of alkyl halides is 3. The number of rotatable bonds is 5. The molecule has 28 heavy (non-hydrogen) atoms. The Morgan fingerprint density at radius 2 is 1.68 bits per heavy atom. The molecule has 0 saturated heterocycles. The summed E-state index contributed by atoms with van der Waals surface area (Å²) in [6, 6.07) is 8.76. The second kappa shape index (κ2) is 7.95. The number of anilines is 1. The van der Waals surface area contributed by atoms with Crippen LogP contribution in [0.5, 0.6) is 0 Å². The van der Waals surface area contributed by atoms with Gasteiger partial charge in [-0.3, -0.25) is 14.6 Å². The van der Waals surface area contributed by atoms with Gasteiger partial charge in [0.15, 0.2) is 0 Å². The molecule has 3 rings (SSSR count). The molecule has 0 spiro atoms. The van der Waals surface area contributed by atoms with Crippen molar-refractivity contribution in [2.45, 2.75) is 12.7 Å². The van der Waals surface area contributed by atoms with Gasteiger partial charge in [-0.25, -0.2) is 0 Å². The third-order valence-electron chi connectivity index (χ3n) is 3.74. The molecule has 0 aliphatic rings. The Hall–Kier alpha value is -3.62. The number of benzene rings is 1. The Morgan fingerprint density at radius 3 is 2.29 bits per heavy atom. The molecule has 144 valence electrons. The predicted octanol–water partition coefficient (Wildman–Crippen LogP) is 3.88. The average molecular weight is 389 g/mol. The number of pyridine rings is 1. The fourth-order valence-corrected chi connectivity index (χ4v) is 2.32. The highest BCUT2D eigenvalue weighted by Crippen LogP contribution is 2.29. The second-order valence-electron chi connectivity index (χ2n) is 5.75. The Balaban J connectivity index is 1.65. The molecule has 0 fully saturated rings. The van der Waals surface area contributed by atoms with Crippen molar-refractivity contribution in [3.05, 3.63) is 83.6 Å². The van der Waals surface area contributed by atoms with Crippen molar-refractivity contribution in [1.82, 2.24) is 10.3 Å². The molecule has 6 nitrogen and oxygen atoms in total. The zero-order valence-electron chi connectivity index (χ0n) is 14.3. The highest BCUT2D eigenvalue weighted by Gasteiger charge is 2.30. The summed E-state index contributed by atoms with van der Waals surface area (Å²) in [5.74, 6) is -0.487. The lowest BCUT2D eigenvalue weighted by Crippen LogP contribution is -2.23. The summed E-state index contributed by atoms with van der Waals surface area (Å²) in [6.07, 6.45) is -0.422. The maximum absolute atomic E-state index is 12.6. The van der Waals surface area contributed by atoms with Crippen molar-refractivity contribution in [3.63, 3.8) is 0 Å². The van der Waals surface area contributed by atoms with Crippen LogP contribution in [0, 0.1) is 0 Å². The number of nitrogens with one attached hydrogen (secondary N) is 2. The molecule has 2 aromatic heterocycles. The molecule has 0 aliphatic carbocycles. The molecule has 0 atom stereocenters. The third kappa shape index (κ3) is 4.76. The third-order valence-corrected chi connectivity index (χ3v) is 3.74. The first kappa shape index (κ1) is 19.2. The van der Waals surface area contributed by atoms with Gasteiger partial charge >= 0.3 is 6.18 Å². The van der Waals surface area contributed by atoms with Crippen LogP contribution in [-0.2, 0) is 12.7 Å². The van der Waals surface area contributed by atoms with E-state index in [1.807, 2.05) is 0 Å². The minimum absolute atomic E-state index is 0.0885. The standard InChI is InChI=1S/C19H14F3N3O3/c20-19(21,22)14-3-5-15(6-4-14)25-18(27)13-8-12(9-23-10-13)17(26)24-11-16-2-1-7-28-16/h1-10H,11H2,(H,24,26)(H,25,27). The van der Waals surface area contributed by atoms with Crippen LogP contribution in [0.15, 0.2) is 65.5 Å². The maximum Gasteiger partial charge on any atom is 0.416 e. The quantitative estimate of drug-likeness (QED) is 0.694. The van der Waals surface area contributed by atoms with Crippen LogP contribution in [0.1, 0.15) is 32.0 Å². The molecule has 3 aromatic rings. The molecule has 2 amide bonds. The van der Waals surface area contributed by atoms with E-state index in [9.17, 15) is 22.8 Å². The van der Waals surface area contributed by atoms with Crippen molar-refractivity contribution in [2.24, 2.45) is 0 Å². The van der Waals surface area contributed by atoms with Crippen LogP contribution in [0.25, 0.3) is 0 Å². The average Bonchev–Trinajstić information content (AvgIpc) is 3.19. The number of hydrogen-bond acceptors (Lipinski definition) is 4. The lowest BCUT2D eigenvalue weighted by Gasteiger charge is -2.09. The summed E-state index contributed by atoms with van der Waals surface area (Å²) in [4.78, 5) is 28.3. The Bertz CT molecular complexity index is 968. The van der Waals surface area contributed by atoms with Gasteiger partial charge in [0.25, 0.3) is 11.8 Å². The van der Waals surface area contributed by atoms with Crippen LogP contribution >= 0.6 is 0 Å². The smallest absolute Gasteiger partial charge is 0.416 e. The number of hydrogen-bond donors (Lipinski definition) is 2. The first-order valence-corrected chi connectivity index (χ1v) is 8.07. The van der Waals surface area contributed by atoms with Gasteiger partial charge in [-0.05, 0) is 42.5 Å². The van der Waals surface area contributed by atoms with E-state index >= 15 is 0 Å². The largest absolute Gasteiger partial charge is 0.467 e. The normalized spacial score (nSPS) is 11.1. The van der Waals surface area contributed by atoms with Gasteiger partial charge in [-0.15, -0.1) is 0 Å². The highest BCUT2D eigenvalue weighted by atomic mass is 19.4. The highest BCUT2D eigenvalue weighted by molar-refractivity contribution is 6.05.